The number of aliphatic hydroxyl groups is 1. The number of carbonyl (C=O) groups excluding carboxylic acids is 1. The summed E-state index contributed by atoms with van der Waals surface area (Å²) in [5.74, 6) is -0.172. The highest BCUT2D eigenvalue weighted by molar-refractivity contribution is 7.47. The lowest BCUT2D eigenvalue weighted by molar-refractivity contribution is -0.870. The van der Waals surface area contributed by atoms with Gasteiger partial charge < -0.3 is 19.8 Å². The average Bonchev–Trinajstić information content (AvgIpc) is 3.42. The summed E-state index contributed by atoms with van der Waals surface area (Å²) in [5.41, 5.74) is 0. The second-order valence-electron chi connectivity index (χ2n) is 24.5. The maximum atomic E-state index is 13.0. The summed E-state index contributed by atoms with van der Waals surface area (Å²) in [5, 5.41) is 14.0. The summed E-state index contributed by atoms with van der Waals surface area (Å²) >= 11 is 0. The molecule has 0 aliphatic heterocycles. The highest BCUT2D eigenvalue weighted by Gasteiger charge is 2.28. The summed E-state index contributed by atoms with van der Waals surface area (Å²) in [4.78, 5) is 23.4. The minimum Gasteiger partial charge on any atom is -0.387 e. The van der Waals surface area contributed by atoms with Crippen molar-refractivity contribution in [3.05, 3.63) is 72.9 Å². The Kier molecular flexibility index (Phi) is 59.9. The number of amides is 1. The van der Waals surface area contributed by atoms with Crippen LogP contribution in [0.4, 0.5) is 0 Å². The van der Waals surface area contributed by atoms with Crippen molar-refractivity contribution in [3.63, 3.8) is 0 Å². The SMILES string of the molecule is CC/C=C\C/C=C\C/C=C\C/C=C\C/C=C\CCCCCCCCCCCCCCCCCCCCCCCCCC(=O)NC(COP(=O)(O)OCC[N+](C)(C)C)C(O)/C=C/CCCCCCCCCCCCCCCCCCC. The third-order valence-electron chi connectivity index (χ3n) is 15.4. The number of unbranched alkanes of at least 4 members (excludes halogenated alkanes) is 40. The molecule has 0 bridgehead atoms. The first-order valence-corrected chi connectivity index (χ1v) is 35.8. The minimum atomic E-state index is -4.35. The highest BCUT2D eigenvalue weighted by Crippen LogP contribution is 2.43. The van der Waals surface area contributed by atoms with Crippen LogP contribution in [0, 0.1) is 0 Å². The maximum Gasteiger partial charge on any atom is 0.472 e. The number of likely N-dealkylation sites (N-methyl/N-ethyl adjacent to an activating group) is 1. The Hall–Kier alpha value is -2.06. The van der Waals surface area contributed by atoms with Crippen LogP contribution in [-0.4, -0.2) is 73.4 Å². The largest absolute Gasteiger partial charge is 0.472 e. The van der Waals surface area contributed by atoms with E-state index in [0.29, 0.717) is 17.4 Å². The molecule has 0 aromatic heterocycles. The fourth-order valence-electron chi connectivity index (χ4n) is 10.1. The number of phosphoric acid groups is 1. The van der Waals surface area contributed by atoms with Crippen LogP contribution >= 0.6 is 7.82 Å². The second-order valence-corrected chi connectivity index (χ2v) is 26.0. The lowest BCUT2D eigenvalue weighted by atomic mass is 10.0. The van der Waals surface area contributed by atoms with Crippen molar-refractivity contribution in [2.45, 2.75) is 334 Å². The molecule has 0 saturated heterocycles. The van der Waals surface area contributed by atoms with Crippen LogP contribution in [0.25, 0.3) is 0 Å². The van der Waals surface area contributed by atoms with Gasteiger partial charge in [-0.2, -0.15) is 0 Å². The van der Waals surface area contributed by atoms with Crippen LogP contribution in [0.3, 0.4) is 0 Å². The van der Waals surface area contributed by atoms with E-state index in [9.17, 15) is 19.4 Å². The number of allylic oxidation sites excluding steroid dienone is 11. The van der Waals surface area contributed by atoms with Gasteiger partial charge in [-0.25, -0.2) is 4.57 Å². The molecule has 0 spiro atoms. The molecular formula is C71H134N2O6P+. The van der Waals surface area contributed by atoms with Crippen LogP contribution in [0.5, 0.6) is 0 Å². The van der Waals surface area contributed by atoms with E-state index in [4.69, 9.17) is 9.05 Å². The summed E-state index contributed by atoms with van der Waals surface area (Å²) in [6.45, 7) is 4.74. The Bertz CT molecular complexity index is 1530. The van der Waals surface area contributed by atoms with Crippen molar-refractivity contribution in [3.8, 4) is 0 Å². The number of hydrogen-bond donors (Lipinski definition) is 3. The highest BCUT2D eigenvalue weighted by atomic mass is 31.2. The topological polar surface area (TPSA) is 105 Å². The number of aliphatic hydroxyl groups excluding tert-OH is 1. The van der Waals surface area contributed by atoms with E-state index in [1.54, 1.807) is 6.08 Å². The van der Waals surface area contributed by atoms with E-state index >= 15 is 0 Å². The van der Waals surface area contributed by atoms with Crippen LogP contribution < -0.4 is 5.32 Å². The van der Waals surface area contributed by atoms with Gasteiger partial charge in [0, 0.05) is 6.42 Å². The number of carbonyl (C=O) groups is 1. The zero-order chi connectivity index (χ0) is 58.4. The molecule has 0 heterocycles. The van der Waals surface area contributed by atoms with E-state index < -0.39 is 20.0 Å². The van der Waals surface area contributed by atoms with Gasteiger partial charge in [-0.3, -0.25) is 13.8 Å². The van der Waals surface area contributed by atoms with Crippen molar-refractivity contribution in [2.75, 3.05) is 40.9 Å². The van der Waals surface area contributed by atoms with E-state index in [0.717, 1.165) is 70.6 Å². The number of rotatable bonds is 63. The Labute approximate surface area is 497 Å². The van der Waals surface area contributed by atoms with Gasteiger partial charge in [0.15, 0.2) is 0 Å². The summed E-state index contributed by atoms with van der Waals surface area (Å²) in [7, 11) is 1.58. The maximum absolute atomic E-state index is 13.0. The number of quaternary nitrogens is 1. The molecule has 9 heteroatoms. The minimum absolute atomic E-state index is 0.0622. The number of phosphoric ester groups is 1. The van der Waals surface area contributed by atoms with Gasteiger partial charge >= 0.3 is 7.82 Å². The van der Waals surface area contributed by atoms with Crippen molar-refractivity contribution in [2.24, 2.45) is 0 Å². The van der Waals surface area contributed by atoms with Crippen molar-refractivity contribution >= 4 is 13.7 Å². The summed E-state index contributed by atoms with van der Waals surface area (Å²) in [6.07, 6.45) is 86.2. The fourth-order valence-corrected chi connectivity index (χ4v) is 10.9. The van der Waals surface area contributed by atoms with Crippen molar-refractivity contribution in [1.29, 1.82) is 0 Å². The standard InChI is InChI=1S/C71H133N2O6P/c1-6-8-10-12-14-16-18-20-22-24-26-27-28-29-30-31-32-33-34-35-36-37-38-39-40-41-42-43-44-45-47-49-51-53-55-57-59-61-63-65-71(75)72-69(68-79-80(76,77)78-67-66-73(3,4)5)70(74)64-62-60-58-56-54-52-50-48-46-25-23-21-19-17-15-13-11-9-7-2/h8,10,14,16,20,22,26-27,29-30,62,64,69-70,74H,6-7,9,11-13,15,17-19,21,23-25,28,31-61,63,65-68H2,1-5H3,(H-,72,75,76,77)/p+1/b10-8-,16-14-,22-20-,27-26-,30-29-,64-62+. The van der Waals surface area contributed by atoms with Crippen LogP contribution in [0.15, 0.2) is 72.9 Å². The fraction of sp³-hybridized carbons (Fsp3) is 0.817. The van der Waals surface area contributed by atoms with Gasteiger partial charge in [0.05, 0.1) is 39.9 Å². The van der Waals surface area contributed by atoms with Crippen molar-refractivity contribution < 1.29 is 32.9 Å². The number of hydrogen-bond acceptors (Lipinski definition) is 5. The van der Waals surface area contributed by atoms with Gasteiger partial charge in [0.25, 0.3) is 0 Å². The van der Waals surface area contributed by atoms with Crippen LogP contribution in [0.2, 0.25) is 0 Å². The number of nitrogens with one attached hydrogen (secondary N) is 1. The first-order chi connectivity index (χ1) is 39.0. The van der Waals surface area contributed by atoms with Crippen LogP contribution in [0.1, 0.15) is 322 Å². The van der Waals surface area contributed by atoms with Gasteiger partial charge in [0.1, 0.15) is 13.2 Å². The number of nitrogens with zero attached hydrogens (tertiary/aromatic N) is 1. The van der Waals surface area contributed by atoms with E-state index in [1.807, 2.05) is 27.2 Å². The zero-order valence-corrected chi connectivity index (χ0v) is 54.5. The monoisotopic (exact) mass is 1140 g/mol. The Morgan fingerprint density at radius 1 is 0.438 bits per heavy atom. The summed E-state index contributed by atoms with van der Waals surface area (Å²) in [6, 6.07) is -0.847. The Balaban J connectivity index is 3.96. The molecule has 3 N–H and O–H groups in total. The van der Waals surface area contributed by atoms with E-state index in [2.05, 4.69) is 79.9 Å². The lowest BCUT2D eigenvalue weighted by Crippen LogP contribution is -2.45. The van der Waals surface area contributed by atoms with Gasteiger partial charge in [-0.1, -0.05) is 324 Å². The molecular weight excluding hydrogens is 1010 g/mol. The molecule has 0 aliphatic rings. The molecule has 0 saturated carbocycles. The van der Waals surface area contributed by atoms with E-state index in [1.165, 1.54) is 231 Å². The molecule has 0 fully saturated rings. The van der Waals surface area contributed by atoms with Gasteiger partial charge in [-0.05, 0) is 64.2 Å². The molecule has 0 aliphatic carbocycles. The van der Waals surface area contributed by atoms with Gasteiger partial charge in [0.2, 0.25) is 5.91 Å². The Morgan fingerprint density at radius 3 is 1.10 bits per heavy atom. The van der Waals surface area contributed by atoms with Gasteiger partial charge in [-0.15, -0.1) is 0 Å². The smallest absolute Gasteiger partial charge is 0.387 e. The van der Waals surface area contributed by atoms with Crippen molar-refractivity contribution in [1.82, 2.24) is 5.32 Å². The molecule has 1 amide bonds. The predicted octanol–water partition coefficient (Wildman–Crippen LogP) is 21.8. The predicted molar refractivity (Wildman–Crippen MR) is 350 cm³/mol. The zero-order valence-electron chi connectivity index (χ0n) is 53.6. The third-order valence-corrected chi connectivity index (χ3v) is 16.4. The molecule has 0 radical (unpaired) electrons. The molecule has 468 valence electrons. The first kappa shape index (κ1) is 77.9. The molecule has 0 aromatic carbocycles. The Morgan fingerprint density at radius 2 is 0.750 bits per heavy atom. The first-order valence-electron chi connectivity index (χ1n) is 34.3. The third kappa shape index (κ3) is 63.5. The summed E-state index contributed by atoms with van der Waals surface area (Å²) < 4.78 is 23.8. The molecule has 3 unspecified atom stereocenters. The normalized spacial score (nSPS) is 14.1. The van der Waals surface area contributed by atoms with Crippen LogP contribution in [-0.2, 0) is 18.4 Å². The average molecular weight is 1140 g/mol. The van der Waals surface area contributed by atoms with E-state index in [-0.39, 0.29) is 19.1 Å². The quantitative estimate of drug-likeness (QED) is 0.0243. The molecule has 3 atom stereocenters. The molecule has 8 nitrogen and oxygen atoms in total. The molecule has 0 aromatic rings. The molecule has 0 rings (SSSR count). The molecule has 80 heavy (non-hydrogen) atoms. The lowest BCUT2D eigenvalue weighted by Gasteiger charge is -2.25. The second kappa shape index (κ2) is 61.5.